The van der Waals surface area contributed by atoms with Gasteiger partial charge in [-0.25, -0.2) is 9.18 Å². The van der Waals surface area contributed by atoms with Gasteiger partial charge in [0, 0.05) is 16.8 Å². The minimum atomic E-state index is -2.09. The molecule has 6 heteroatoms. The Morgan fingerprint density at radius 2 is 1.84 bits per heavy atom. The summed E-state index contributed by atoms with van der Waals surface area (Å²) in [4.78, 5) is 17.2. The molecule has 4 nitrogen and oxygen atoms in total. The SMILES string of the molecule is CC(C)c1nc2c(c(-c3ccc(F)c(C(=O)O)c3)c1CO[Si](C)(C)C(C)(C)C)CCCc1ccccc1-2. The molecule has 0 unspecified atom stereocenters. The highest BCUT2D eigenvalue weighted by Crippen LogP contribution is 2.43. The summed E-state index contributed by atoms with van der Waals surface area (Å²) in [5.41, 5.74) is 7.70. The second kappa shape index (κ2) is 10.1. The molecule has 1 aromatic heterocycles. The highest BCUT2D eigenvalue weighted by Gasteiger charge is 2.38. The average molecular weight is 520 g/mol. The van der Waals surface area contributed by atoms with Gasteiger partial charge < -0.3 is 9.53 Å². The van der Waals surface area contributed by atoms with Gasteiger partial charge in [-0.05, 0) is 77.7 Å². The Morgan fingerprint density at radius 1 is 1.14 bits per heavy atom. The third-order valence-electron chi connectivity index (χ3n) is 7.99. The standard InChI is InChI=1S/C31H38FNO3Si/c1-19(2)28-25(18-36-37(6,7)31(3,4)5)27(21-15-16-26(32)24(17-21)30(34)35)23-14-10-12-20-11-8-9-13-22(20)29(23)33-28/h8-9,11,13,15-17,19H,10,12,14,18H2,1-7H3,(H,34,35). The lowest BCUT2D eigenvalue weighted by molar-refractivity contribution is 0.0692. The van der Waals surface area contributed by atoms with E-state index in [0.717, 1.165) is 52.9 Å². The van der Waals surface area contributed by atoms with Crippen LogP contribution >= 0.6 is 0 Å². The minimum absolute atomic E-state index is 0.0373. The fourth-order valence-corrected chi connectivity index (χ4v) is 5.80. The summed E-state index contributed by atoms with van der Waals surface area (Å²) in [5, 5.41) is 9.73. The predicted octanol–water partition coefficient (Wildman–Crippen LogP) is 8.39. The number of nitrogens with zero attached hydrogens (tertiary/aromatic N) is 1. The number of rotatable bonds is 6. The van der Waals surface area contributed by atoms with Crippen LogP contribution in [0.4, 0.5) is 4.39 Å². The topological polar surface area (TPSA) is 59.4 Å². The molecular weight excluding hydrogens is 481 g/mol. The van der Waals surface area contributed by atoms with Crippen LogP contribution in [0.25, 0.3) is 22.4 Å². The van der Waals surface area contributed by atoms with Crippen LogP contribution in [0.2, 0.25) is 18.1 Å². The zero-order valence-corrected chi connectivity index (χ0v) is 24.0. The molecule has 0 aliphatic heterocycles. The van der Waals surface area contributed by atoms with Gasteiger partial charge in [0.25, 0.3) is 0 Å². The van der Waals surface area contributed by atoms with E-state index in [1.54, 1.807) is 6.07 Å². The van der Waals surface area contributed by atoms with Crippen LogP contribution in [0.3, 0.4) is 0 Å². The molecule has 0 spiro atoms. The van der Waals surface area contributed by atoms with Gasteiger partial charge in [0.2, 0.25) is 0 Å². The number of aromatic nitrogens is 1. The van der Waals surface area contributed by atoms with E-state index in [2.05, 4.69) is 65.9 Å². The van der Waals surface area contributed by atoms with Crippen molar-refractivity contribution in [3.63, 3.8) is 0 Å². The summed E-state index contributed by atoms with van der Waals surface area (Å²) < 4.78 is 21.2. The van der Waals surface area contributed by atoms with E-state index in [1.165, 1.54) is 17.7 Å². The van der Waals surface area contributed by atoms with E-state index in [0.29, 0.717) is 12.2 Å². The second-order valence-corrected chi connectivity index (χ2v) is 16.7. The molecule has 0 atom stereocenters. The Balaban J connectivity index is 2.04. The number of hydrogen-bond donors (Lipinski definition) is 1. The number of carboxylic acid groups (broad SMARTS) is 1. The van der Waals surface area contributed by atoms with E-state index in [9.17, 15) is 14.3 Å². The van der Waals surface area contributed by atoms with Crippen molar-refractivity contribution in [3.8, 4) is 22.4 Å². The van der Waals surface area contributed by atoms with Crippen molar-refractivity contribution in [3.05, 3.63) is 76.2 Å². The maximum Gasteiger partial charge on any atom is 0.338 e. The zero-order valence-electron chi connectivity index (χ0n) is 23.0. The monoisotopic (exact) mass is 519 g/mol. The highest BCUT2D eigenvalue weighted by molar-refractivity contribution is 6.74. The lowest BCUT2D eigenvalue weighted by Crippen LogP contribution is -2.40. The Bertz CT molecular complexity index is 1340. The van der Waals surface area contributed by atoms with E-state index in [-0.39, 0.29) is 16.5 Å². The zero-order chi connectivity index (χ0) is 27.1. The minimum Gasteiger partial charge on any atom is -0.478 e. The lowest BCUT2D eigenvalue weighted by atomic mass is 9.86. The second-order valence-electron chi connectivity index (χ2n) is 11.9. The van der Waals surface area contributed by atoms with E-state index in [1.807, 2.05) is 6.07 Å². The van der Waals surface area contributed by atoms with E-state index < -0.39 is 20.1 Å². The summed E-state index contributed by atoms with van der Waals surface area (Å²) in [7, 11) is -2.09. The first-order valence-corrected chi connectivity index (χ1v) is 16.0. The Labute approximate surface area is 221 Å². The first-order chi connectivity index (χ1) is 17.3. The van der Waals surface area contributed by atoms with Crippen LogP contribution in [-0.2, 0) is 23.9 Å². The lowest BCUT2D eigenvalue weighted by Gasteiger charge is -2.37. The van der Waals surface area contributed by atoms with Gasteiger partial charge in [-0.1, -0.05) is 65.0 Å². The van der Waals surface area contributed by atoms with Crippen LogP contribution in [0.1, 0.15) is 79.7 Å². The fraction of sp³-hybridized carbons (Fsp3) is 0.419. The molecule has 1 aliphatic carbocycles. The summed E-state index contributed by atoms with van der Waals surface area (Å²) in [6, 6.07) is 12.8. The molecule has 196 valence electrons. The fourth-order valence-electron chi connectivity index (χ4n) is 4.86. The van der Waals surface area contributed by atoms with Gasteiger partial charge in [-0.2, -0.15) is 0 Å². The average Bonchev–Trinajstić information content (AvgIpc) is 3.00. The molecule has 4 rings (SSSR count). The summed E-state index contributed by atoms with van der Waals surface area (Å²) in [6.45, 7) is 15.8. The summed E-state index contributed by atoms with van der Waals surface area (Å²) >= 11 is 0. The molecule has 1 heterocycles. The summed E-state index contributed by atoms with van der Waals surface area (Å²) in [5.74, 6) is -1.88. The van der Waals surface area contributed by atoms with E-state index in [4.69, 9.17) is 9.41 Å². The van der Waals surface area contributed by atoms with Gasteiger partial charge in [0.1, 0.15) is 5.82 Å². The van der Waals surface area contributed by atoms with Crippen LogP contribution < -0.4 is 0 Å². The van der Waals surface area contributed by atoms with Crippen molar-refractivity contribution >= 4 is 14.3 Å². The third kappa shape index (κ3) is 5.27. The smallest absolute Gasteiger partial charge is 0.338 e. The van der Waals surface area contributed by atoms with Crippen LogP contribution in [-0.4, -0.2) is 24.4 Å². The maximum atomic E-state index is 14.5. The van der Waals surface area contributed by atoms with Crippen molar-refractivity contribution < 1.29 is 18.7 Å². The number of benzene rings is 2. The number of aromatic carboxylic acids is 1. The van der Waals surface area contributed by atoms with Crippen molar-refractivity contribution in [2.45, 2.75) is 84.5 Å². The molecule has 0 saturated carbocycles. The first-order valence-electron chi connectivity index (χ1n) is 13.1. The molecule has 0 radical (unpaired) electrons. The number of pyridine rings is 1. The Kier molecular flexibility index (Phi) is 7.46. The molecule has 3 aromatic rings. The molecule has 0 amide bonds. The molecule has 1 N–H and O–H groups in total. The summed E-state index contributed by atoms with van der Waals surface area (Å²) in [6.07, 6.45) is 2.70. The van der Waals surface area contributed by atoms with Gasteiger partial charge in [-0.3, -0.25) is 4.98 Å². The molecular formula is C31H38FNO3Si. The molecule has 0 fully saturated rings. The van der Waals surface area contributed by atoms with Gasteiger partial charge in [0.05, 0.1) is 17.9 Å². The van der Waals surface area contributed by atoms with Crippen LogP contribution in [0, 0.1) is 5.82 Å². The highest BCUT2D eigenvalue weighted by atomic mass is 28.4. The van der Waals surface area contributed by atoms with Crippen molar-refractivity contribution in [1.29, 1.82) is 0 Å². The van der Waals surface area contributed by atoms with Crippen molar-refractivity contribution in [2.75, 3.05) is 0 Å². The van der Waals surface area contributed by atoms with Crippen molar-refractivity contribution in [1.82, 2.24) is 4.98 Å². The number of halogens is 1. The predicted molar refractivity (Wildman–Crippen MR) is 150 cm³/mol. The quantitative estimate of drug-likeness (QED) is 0.332. The van der Waals surface area contributed by atoms with E-state index >= 15 is 0 Å². The Morgan fingerprint density at radius 3 is 2.49 bits per heavy atom. The number of aryl methyl sites for hydroxylation is 1. The molecule has 0 bridgehead atoms. The third-order valence-corrected chi connectivity index (χ3v) is 12.5. The molecule has 0 saturated heterocycles. The normalized spacial score (nSPS) is 13.8. The number of hydrogen-bond acceptors (Lipinski definition) is 3. The van der Waals surface area contributed by atoms with Gasteiger partial charge in [0.15, 0.2) is 8.32 Å². The number of carbonyl (C=O) groups is 1. The van der Waals surface area contributed by atoms with Crippen molar-refractivity contribution in [2.24, 2.45) is 0 Å². The number of carboxylic acids is 1. The first kappa shape index (κ1) is 27.2. The molecule has 37 heavy (non-hydrogen) atoms. The molecule has 2 aromatic carbocycles. The van der Waals surface area contributed by atoms with Gasteiger partial charge >= 0.3 is 5.97 Å². The molecule has 1 aliphatic rings. The van der Waals surface area contributed by atoms with Crippen LogP contribution in [0.5, 0.6) is 0 Å². The van der Waals surface area contributed by atoms with Gasteiger partial charge in [-0.15, -0.1) is 0 Å². The number of fused-ring (bicyclic) bond motifs is 3. The van der Waals surface area contributed by atoms with Crippen LogP contribution in [0.15, 0.2) is 42.5 Å². The largest absolute Gasteiger partial charge is 0.478 e. The Hall–Kier alpha value is -2.83. The maximum absolute atomic E-state index is 14.5.